The van der Waals surface area contributed by atoms with Crippen LogP contribution in [-0.2, 0) is 14.8 Å². The molecule has 0 aliphatic heterocycles. The highest BCUT2D eigenvalue weighted by Crippen LogP contribution is 2.44. The Morgan fingerprint density at radius 3 is 2.67 bits per heavy atom. The van der Waals surface area contributed by atoms with Crippen molar-refractivity contribution in [2.45, 2.75) is 44.6 Å². The predicted octanol–water partition coefficient (Wildman–Crippen LogP) is 3.20. The Labute approximate surface area is 166 Å². The van der Waals surface area contributed by atoms with E-state index in [4.69, 9.17) is 16.3 Å². The van der Waals surface area contributed by atoms with Crippen molar-refractivity contribution in [1.82, 2.24) is 5.32 Å². The van der Waals surface area contributed by atoms with E-state index < -0.39 is 10.0 Å². The molecule has 1 N–H and O–H groups in total. The summed E-state index contributed by atoms with van der Waals surface area (Å²) in [4.78, 5) is 12.3. The Balaban J connectivity index is 1.56. The van der Waals surface area contributed by atoms with Crippen LogP contribution in [0.2, 0.25) is 5.02 Å². The van der Waals surface area contributed by atoms with E-state index in [0.29, 0.717) is 41.3 Å². The first-order valence-electron chi connectivity index (χ1n) is 9.38. The number of methoxy groups -OCH3 is 1. The maximum atomic E-state index is 12.3. The third-order valence-corrected chi connectivity index (χ3v) is 7.16. The van der Waals surface area contributed by atoms with Gasteiger partial charge >= 0.3 is 0 Å². The maximum Gasteiger partial charge on any atom is 0.232 e. The number of rotatable bonds is 8. The molecule has 2 bridgehead atoms. The highest BCUT2D eigenvalue weighted by atomic mass is 35.5. The van der Waals surface area contributed by atoms with Crippen molar-refractivity contribution in [2.75, 3.05) is 24.2 Å². The van der Waals surface area contributed by atoms with Gasteiger partial charge in [0.1, 0.15) is 5.75 Å². The molecule has 0 spiro atoms. The molecule has 150 valence electrons. The Bertz CT molecular complexity index is 799. The molecule has 2 aliphatic rings. The van der Waals surface area contributed by atoms with Gasteiger partial charge in [0.15, 0.2) is 0 Å². The Morgan fingerprint density at radius 1 is 1.33 bits per heavy atom. The quantitative estimate of drug-likeness (QED) is 0.708. The lowest BCUT2D eigenvalue weighted by atomic mass is 9.95. The van der Waals surface area contributed by atoms with E-state index in [0.717, 1.165) is 18.6 Å². The molecule has 6 nitrogen and oxygen atoms in total. The number of carbonyl (C=O) groups is 1. The van der Waals surface area contributed by atoms with Gasteiger partial charge in [0, 0.05) is 19.0 Å². The zero-order valence-electron chi connectivity index (χ0n) is 15.8. The summed E-state index contributed by atoms with van der Waals surface area (Å²) in [7, 11) is -1.98. The van der Waals surface area contributed by atoms with Crippen molar-refractivity contribution < 1.29 is 17.9 Å². The number of nitrogens with zero attached hydrogens (tertiary/aromatic N) is 1. The highest BCUT2D eigenvalue weighted by Gasteiger charge is 2.39. The number of benzene rings is 1. The smallest absolute Gasteiger partial charge is 0.232 e. The summed E-state index contributed by atoms with van der Waals surface area (Å²) in [6.07, 6.45) is 6.76. The van der Waals surface area contributed by atoms with Gasteiger partial charge in [-0.2, -0.15) is 0 Å². The summed E-state index contributed by atoms with van der Waals surface area (Å²) in [5.74, 6) is 1.90. The molecule has 0 aromatic heterocycles. The average Bonchev–Trinajstić information content (AvgIpc) is 3.20. The molecular formula is C19H27ClN2O4S. The van der Waals surface area contributed by atoms with Crippen molar-refractivity contribution in [1.29, 1.82) is 0 Å². The maximum absolute atomic E-state index is 12.3. The summed E-state index contributed by atoms with van der Waals surface area (Å²) < 4.78 is 30.8. The molecule has 1 aromatic carbocycles. The van der Waals surface area contributed by atoms with Crippen molar-refractivity contribution in [3.8, 4) is 5.75 Å². The number of anilines is 1. The first-order chi connectivity index (χ1) is 12.8. The molecule has 0 saturated heterocycles. The van der Waals surface area contributed by atoms with Gasteiger partial charge < -0.3 is 10.1 Å². The minimum absolute atomic E-state index is 0.00812. The highest BCUT2D eigenvalue weighted by molar-refractivity contribution is 7.92. The van der Waals surface area contributed by atoms with Crippen molar-refractivity contribution in [3.05, 3.63) is 23.2 Å². The van der Waals surface area contributed by atoms with E-state index in [1.54, 1.807) is 18.2 Å². The van der Waals surface area contributed by atoms with Gasteiger partial charge in [-0.05, 0) is 55.7 Å². The summed E-state index contributed by atoms with van der Waals surface area (Å²) in [5.41, 5.74) is 0.469. The molecular weight excluding hydrogens is 388 g/mol. The topological polar surface area (TPSA) is 75.7 Å². The Morgan fingerprint density at radius 2 is 2.11 bits per heavy atom. The summed E-state index contributed by atoms with van der Waals surface area (Å²) in [6, 6.07) is 5.16. The summed E-state index contributed by atoms with van der Waals surface area (Å²) in [5, 5.41) is 3.49. The van der Waals surface area contributed by atoms with Crippen LogP contribution in [0, 0.1) is 11.8 Å². The number of hydrogen-bond acceptors (Lipinski definition) is 4. The van der Waals surface area contributed by atoms with Crippen LogP contribution in [0.4, 0.5) is 5.69 Å². The van der Waals surface area contributed by atoms with Gasteiger partial charge in [-0.15, -0.1) is 0 Å². The molecule has 1 aromatic rings. The molecule has 3 atom stereocenters. The molecule has 3 rings (SSSR count). The minimum Gasteiger partial charge on any atom is -0.495 e. The van der Waals surface area contributed by atoms with Gasteiger partial charge in [-0.3, -0.25) is 9.10 Å². The van der Waals surface area contributed by atoms with E-state index in [2.05, 4.69) is 5.32 Å². The van der Waals surface area contributed by atoms with Crippen LogP contribution in [0.15, 0.2) is 18.2 Å². The second-order valence-corrected chi connectivity index (χ2v) is 9.92. The zero-order chi connectivity index (χ0) is 19.6. The van der Waals surface area contributed by atoms with Gasteiger partial charge in [0.2, 0.25) is 15.9 Å². The molecule has 2 aliphatic carbocycles. The molecule has 2 saturated carbocycles. The lowest BCUT2D eigenvalue weighted by Crippen LogP contribution is -2.39. The first kappa shape index (κ1) is 20.3. The van der Waals surface area contributed by atoms with Crippen LogP contribution in [0.25, 0.3) is 0 Å². The monoisotopic (exact) mass is 414 g/mol. The fourth-order valence-corrected chi connectivity index (χ4v) is 5.59. The van der Waals surface area contributed by atoms with E-state index in [-0.39, 0.29) is 12.5 Å². The number of hydrogen-bond donors (Lipinski definition) is 1. The predicted molar refractivity (Wildman–Crippen MR) is 107 cm³/mol. The van der Waals surface area contributed by atoms with Crippen LogP contribution in [-0.4, -0.2) is 40.3 Å². The van der Waals surface area contributed by atoms with E-state index >= 15 is 0 Å². The van der Waals surface area contributed by atoms with Crippen LogP contribution >= 0.6 is 11.6 Å². The number of sulfonamides is 1. The molecule has 0 unspecified atom stereocenters. The average molecular weight is 415 g/mol. The van der Waals surface area contributed by atoms with Gasteiger partial charge in [0.05, 0.1) is 24.1 Å². The summed E-state index contributed by atoms with van der Waals surface area (Å²) in [6.45, 7) is 0.228. The zero-order valence-corrected chi connectivity index (χ0v) is 17.4. The number of halogens is 1. The second-order valence-electron chi connectivity index (χ2n) is 7.61. The third-order valence-electron chi connectivity index (χ3n) is 5.67. The van der Waals surface area contributed by atoms with Crippen molar-refractivity contribution in [3.63, 3.8) is 0 Å². The van der Waals surface area contributed by atoms with E-state index in [9.17, 15) is 13.2 Å². The fourth-order valence-electron chi connectivity index (χ4n) is 4.38. The van der Waals surface area contributed by atoms with Gasteiger partial charge in [0.25, 0.3) is 0 Å². The van der Waals surface area contributed by atoms with Crippen molar-refractivity contribution in [2.24, 2.45) is 11.8 Å². The number of carbonyl (C=O) groups excluding carboxylic acids is 1. The molecule has 0 heterocycles. The normalized spacial score (nSPS) is 24.0. The second kappa shape index (κ2) is 8.27. The standard InChI is InChI=1S/C19H27ClN2O4S/c1-26-18-8-7-15(12-16(18)20)22(27(2,24)25)9-3-4-19(23)21-17-11-13-5-6-14(17)10-13/h7-8,12-14,17H,3-6,9-11H2,1-2H3,(H,21,23)/t13-,14-,17+/m0/s1. The van der Waals surface area contributed by atoms with Gasteiger partial charge in [-0.25, -0.2) is 8.42 Å². The van der Waals surface area contributed by atoms with Crippen LogP contribution in [0.1, 0.15) is 38.5 Å². The number of fused-ring (bicyclic) bond motifs is 2. The molecule has 0 radical (unpaired) electrons. The molecule has 27 heavy (non-hydrogen) atoms. The molecule has 1 amide bonds. The number of ether oxygens (including phenoxy) is 1. The van der Waals surface area contributed by atoms with Crippen LogP contribution in [0.5, 0.6) is 5.75 Å². The first-order valence-corrected chi connectivity index (χ1v) is 11.6. The molecule has 2 fully saturated rings. The largest absolute Gasteiger partial charge is 0.495 e. The SMILES string of the molecule is COc1ccc(N(CCCC(=O)N[C@@H]2C[C@H]3CC[C@H]2C3)S(C)(=O)=O)cc1Cl. The van der Waals surface area contributed by atoms with E-state index in [1.165, 1.54) is 30.7 Å². The lowest BCUT2D eigenvalue weighted by molar-refractivity contribution is -0.122. The number of amides is 1. The van der Waals surface area contributed by atoms with Crippen LogP contribution < -0.4 is 14.4 Å². The molecule has 8 heteroatoms. The van der Waals surface area contributed by atoms with Crippen LogP contribution in [0.3, 0.4) is 0 Å². The minimum atomic E-state index is -3.48. The summed E-state index contributed by atoms with van der Waals surface area (Å²) >= 11 is 6.12. The van der Waals surface area contributed by atoms with Crippen molar-refractivity contribution >= 4 is 33.2 Å². The Hall–Kier alpha value is -1.47. The lowest BCUT2D eigenvalue weighted by Gasteiger charge is -2.24. The van der Waals surface area contributed by atoms with E-state index in [1.807, 2.05) is 0 Å². The third kappa shape index (κ3) is 4.88. The fraction of sp³-hybridized carbons (Fsp3) is 0.632. The number of nitrogens with one attached hydrogen (secondary N) is 1. The Kier molecular flexibility index (Phi) is 6.21. The van der Waals surface area contributed by atoms with Gasteiger partial charge in [-0.1, -0.05) is 18.0 Å².